The third-order valence-electron chi connectivity index (χ3n) is 2.35. The van der Waals surface area contributed by atoms with Crippen molar-refractivity contribution in [2.75, 3.05) is 6.61 Å². The summed E-state index contributed by atoms with van der Waals surface area (Å²) in [4.78, 5) is 12.4. The Hall–Kier alpha value is -1.68. The Morgan fingerprint density at radius 1 is 1.47 bits per heavy atom. The maximum absolute atomic E-state index is 11.3. The van der Waals surface area contributed by atoms with Crippen LogP contribution in [0.2, 0.25) is 0 Å². The van der Waals surface area contributed by atoms with Crippen molar-refractivity contribution in [3.05, 3.63) is 58.0 Å². The van der Waals surface area contributed by atoms with Crippen molar-refractivity contribution in [2.45, 2.75) is 20.3 Å². The highest BCUT2D eigenvalue weighted by atomic mass is 32.2. The number of hydrogen-bond acceptors (Lipinski definition) is 4. The molecule has 0 aromatic heterocycles. The number of esters is 1. The van der Waals surface area contributed by atoms with Gasteiger partial charge in [-0.3, -0.25) is 0 Å². The van der Waals surface area contributed by atoms with E-state index >= 15 is 0 Å². The minimum Gasteiger partial charge on any atom is -0.463 e. The van der Waals surface area contributed by atoms with Crippen LogP contribution < -0.4 is 5.73 Å². The Morgan fingerprint density at radius 3 is 2.95 bits per heavy atom. The van der Waals surface area contributed by atoms with Crippen molar-refractivity contribution < 1.29 is 9.53 Å². The van der Waals surface area contributed by atoms with Gasteiger partial charge in [-0.1, -0.05) is 48.2 Å². The molecule has 0 saturated carbocycles. The number of allylic oxidation sites excluding steroid dienone is 7. The molecule has 0 saturated heterocycles. The molecule has 1 aliphatic carbocycles. The van der Waals surface area contributed by atoms with Crippen LogP contribution in [-0.4, -0.2) is 12.6 Å². The summed E-state index contributed by atoms with van der Waals surface area (Å²) in [5.74, 6) is -0.405. The molecule has 0 spiro atoms. The normalized spacial score (nSPS) is 16.0. The molecular weight excluding hydrogens is 258 g/mol. The highest BCUT2D eigenvalue weighted by Gasteiger charge is 2.07. The summed E-state index contributed by atoms with van der Waals surface area (Å²) in [6.45, 7) is 4.07. The standard InChI is InChI=1S/C15H19NO2S/c1-3-13(12-9-7-5-6-8-10-12)19-14(16)11-15(17)18-4-2/h3,5-9,11H,4,10,16H2,1-2H3/b13-3+,14-11+. The molecule has 0 radical (unpaired) electrons. The van der Waals surface area contributed by atoms with Crippen LogP contribution in [0.1, 0.15) is 20.3 Å². The summed E-state index contributed by atoms with van der Waals surface area (Å²) in [5.41, 5.74) is 7.02. The van der Waals surface area contributed by atoms with Crippen molar-refractivity contribution in [3.63, 3.8) is 0 Å². The Bertz CT molecular complexity index is 471. The van der Waals surface area contributed by atoms with Gasteiger partial charge >= 0.3 is 5.97 Å². The highest BCUT2D eigenvalue weighted by molar-refractivity contribution is 8.06. The van der Waals surface area contributed by atoms with E-state index in [0.717, 1.165) is 11.3 Å². The number of carbonyl (C=O) groups is 1. The van der Waals surface area contributed by atoms with Gasteiger partial charge in [-0.25, -0.2) is 4.79 Å². The maximum Gasteiger partial charge on any atom is 0.333 e. The Morgan fingerprint density at radius 2 is 2.26 bits per heavy atom. The number of ether oxygens (including phenoxy) is 1. The predicted molar refractivity (Wildman–Crippen MR) is 81.2 cm³/mol. The van der Waals surface area contributed by atoms with Crippen molar-refractivity contribution in [2.24, 2.45) is 5.73 Å². The van der Waals surface area contributed by atoms with E-state index in [1.807, 2.05) is 31.2 Å². The first-order valence-corrected chi connectivity index (χ1v) is 6.99. The van der Waals surface area contributed by atoms with Crippen LogP contribution in [0, 0.1) is 0 Å². The van der Waals surface area contributed by atoms with Crippen molar-refractivity contribution in [3.8, 4) is 0 Å². The first-order valence-electron chi connectivity index (χ1n) is 6.18. The van der Waals surface area contributed by atoms with Gasteiger partial charge in [0.1, 0.15) is 0 Å². The van der Waals surface area contributed by atoms with Crippen LogP contribution in [-0.2, 0) is 9.53 Å². The fourth-order valence-corrected chi connectivity index (χ4v) is 2.34. The molecule has 0 unspecified atom stereocenters. The quantitative estimate of drug-likeness (QED) is 0.618. The lowest BCUT2D eigenvalue weighted by molar-refractivity contribution is -0.137. The lowest BCUT2D eigenvalue weighted by Crippen LogP contribution is -2.04. The van der Waals surface area contributed by atoms with Gasteiger partial charge in [-0.05, 0) is 25.8 Å². The summed E-state index contributed by atoms with van der Waals surface area (Å²) in [6, 6.07) is 0. The molecule has 1 aliphatic rings. The molecule has 0 amide bonds. The molecule has 0 bridgehead atoms. The Kier molecular flexibility index (Phi) is 6.82. The van der Waals surface area contributed by atoms with E-state index in [1.54, 1.807) is 6.92 Å². The van der Waals surface area contributed by atoms with Gasteiger partial charge < -0.3 is 10.5 Å². The average Bonchev–Trinajstić information content (AvgIpc) is 2.65. The highest BCUT2D eigenvalue weighted by Crippen LogP contribution is 2.31. The molecular formula is C15H19NO2S. The number of nitrogens with two attached hydrogens (primary N) is 1. The van der Waals surface area contributed by atoms with Gasteiger partial charge in [0.2, 0.25) is 0 Å². The summed E-state index contributed by atoms with van der Waals surface area (Å²) in [6.07, 6.45) is 14.3. The SMILES string of the molecule is C/C=C(/S/C(N)=C/C(=O)OCC)C1=CC=CC=CC1. The van der Waals surface area contributed by atoms with E-state index in [0.29, 0.717) is 11.6 Å². The Labute approximate surface area is 118 Å². The van der Waals surface area contributed by atoms with Gasteiger partial charge in [0.15, 0.2) is 0 Å². The van der Waals surface area contributed by atoms with Gasteiger partial charge in [0, 0.05) is 4.91 Å². The molecule has 0 aromatic carbocycles. The number of thioether (sulfide) groups is 1. The van der Waals surface area contributed by atoms with E-state index in [4.69, 9.17) is 10.5 Å². The van der Waals surface area contributed by atoms with Crippen molar-refractivity contribution in [1.29, 1.82) is 0 Å². The molecule has 1 rings (SSSR count). The monoisotopic (exact) mass is 277 g/mol. The first kappa shape index (κ1) is 15.4. The number of hydrogen-bond donors (Lipinski definition) is 1. The molecule has 102 valence electrons. The predicted octanol–water partition coefficient (Wildman–Crippen LogP) is 3.43. The van der Waals surface area contributed by atoms with Gasteiger partial charge in [-0.15, -0.1) is 0 Å². The van der Waals surface area contributed by atoms with Gasteiger partial charge in [0.05, 0.1) is 17.7 Å². The van der Waals surface area contributed by atoms with E-state index in [-0.39, 0.29) is 0 Å². The Balaban J connectivity index is 2.73. The lowest BCUT2D eigenvalue weighted by Gasteiger charge is -2.09. The minimum absolute atomic E-state index is 0.352. The second kappa shape index (κ2) is 8.43. The third-order valence-corrected chi connectivity index (χ3v) is 3.42. The number of carbonyl (C=O) groups excluding carboxylic acids is 1. The largest absolute Gasteiger partial charge is 0.463 e. The second-order valence-electron chi connectivity index (χ2n) is 3.76. The molecule has 0 fully saturated rings. The second-order valence-corrected chi connectivity index (χ2v) is 4.88. The molecule has 0 heterocycles. The fourth-order valence-electron chi connectivity index (χ4n) is 1.53. The van der Waals surface area contributed by atoms with Crippen LogP contribution in [0.4, 0.5) is 0 Å². The molecule has 2 N–H and O–H groups in total. The molecule has 4 heteroatoms. The van der Waals surface area contributed by atoms with Crippen LogP contribution in [0.15, 0.2) is 58.0 Å². The van der Waals surface area contributed by atoms with Crippen LogP contribution in [0.25, 0.3) is 0 Å². The first-order chi connectivity index (χ1) is 9.17. The van der Waals surface area contributed by atoms with Crippen LogP contribution >= 0.6 is 11.8 Å². The molecule has 19 heavy (non-hydrogen) atoms. The number of rotatable bonds is 5. The van der Waals surface area contributed by atoms with E-state index < -0.39 is 5.97 Å². The average molecular weight is 277 g/mol. The zero-order valence-corrected chi connectivity index (χ0v) is 12.1. The van der Waals surface area contributed by atoms with E-state index in [2.05, 4.69) is 12.2 Å². The molecule has 3 nitrogen and oxygen atoms in total. The minimum atomic E-state index is -0.405. The molecule has 0 atom stereocenters. The zero-order chi connectivity index (χ0) is 14.1. The van der Waals surface area contributed by atoms with E-state index in [9.17, 15) is 4.79 Å². The van der Waals surface area contributed by atoms with E-state index in [1.165, 1.54) is 23.4 Å². The fraction of sp³-hybridized carbons (Fsp3) is 0.267. The zero-order valence-electron chi connectivity index (χ0n) is 11.3. The lowest BCUT2D eigenvalue weighted by atomic mass is 10.1. The molecule has 0 aliphatic heterocycles. The summed E-state index contributed by atoms with van der Waals surface area (Å²) in [7, 11) is 0. The topological polar surface area (TPSA) is 52.3 Å². The molecule has 0 aromatic rings. The summed E-state index contributed by atoms with van der Waals surface area (Å²) in [5, 5.41) is 0.435. The smallest absolute Gasteiger partial charge is 0.333 e. The van der Waals surface area contributed by atoms with Gasteiger partial charge in [0.25, 0.3) is 0 Å². The van der Waals surface area contributed by atoms with Gasteiger partial charge in [-0.2, -0.15) is 0 Å². The summed E-state index contributed by atoms with van der Waals surface area (Å²) >= 11 is 1.38. The summed E-state index contributed by atoms with van der Waals surface area (Å²) < 4.78 is 4.83. The van der Waals surface area contributed by atoms with Crippen molar-refractivity contribution in [1.82, 2.24) is 0 Å². The maximum atomic E-state index is 11.3. The van der Waals surface area contributed by atoms with Crippen molar-refractivity contribution >= 4 is 17.7 Å². The third kappa shape index (κ3) is 5.66. The van der Waals surface area contributed by atoms with Crippen LogP contribution in [0.3, 0.4) is 0 Å². The van der Waals surface area contributed by atoms with Crippen LogP contribution in [0.5, 0.6) is 0 Å².